The number of anilines is 2. The summed E-state index contributed by atoms with van der Waals surface area (Å²) in [4.78, 5) is 19.7. The Morgan fingerprint density at radius 3 is 2.35 bits per heavy atom. The minimum Gasteiger partial charge on any atom is -0.340 e. The smallest absolute Gasteiger partial charge is 0.255 e. The van der Waals surface area contributed by atoms with Crippen LogP contribution in [0, 0.1) is 0 Å². The van der Waals surface area contributed by atoms with Gasteiger partial charge >= 0.3 is 0 Å². The third kappa shape index (κ3) is 4.34. The van der Waals surface area contributed by atoms with E-state index in [1.165, 1.54) is 5.56 Å². The largest absolute Gasteiger partial charge is 0.340 e. The van der Waals surface area contributed by atoms with E-state index < -0.39 is 9.84 Å². The lowest BCUT2D eigenvalue weighted by molar-refractivity contribution is 0.0767. The van der Waals surface area contributed by atoms with E-state index in [0.717, 1.165) is 47.2 Å². The number of nitrogens with zero attached hydrogens (tertiary/aromatic N) is 2. The second-order valence-electron chi connectivity index (χ2n) is 8.48. The average Bonchev–Trinajstić information content (AvgIpc) is 2.74. The highest BCUT2D eigenvalue weighted by Gasteiger charge is 2.39. The van der Waals surface area contributed by atoms with Crippen molar-refractivity contribution in [1.82, 2.24) is 9.88 Å². The third-order valence-electron chi connectivity index (χ3n) is 6.65. The van der Waals surface area contributed by atoms with Gasteiger partial charge in [-0.15, -0.1) is 12.4 Å². The first kappa shape index (κ1) is 22.6. The Labute approximate surface area is 197 Å². The fraction of sp³-hybridized carbons (Fsp3) is 0.455. The van der Waals surface area contributed by atoms with Crippen molar-refractivity contribution in [1.29, 1.82) is 0 Å². The van der Waals surface area contributed by atoms with E-state index in [1.54, 1.807) is 11.1 Å². The van der Waals surface area contributed by atoms with Gasteiger partial charge in [0.2, 0.25) is 0 Å². The molecule has 0 spiro atoms. The third-order valence-corrected chi connectivity index (χ3v) is 8.75. The molecular weight excluding hydrogens is 502 g/mol. The zero-order valence-electron chi connectivity index (χ0n) is 17.0. The van der Waals surface area contributed by atoms with E-state index in [1.807, 2.05) is 24.3 Å². The maximum atomic E-state index is 13.3. The van der Waals surface area contributed by atoms with Crippen LogP contribution in [0.1, 0.15) is 59.0 Å². The first-order chi connectivity index (χ1) is 14.4. The lowest BCUT2D eigenvalue weighted by Gasteiger charge is -2.40. The molecule has 0 radical (unpaired) electrons. The molecule has 3 aliphatic carbocycles. The van der Waals surface area contributed by atoms with Gasteiger partial charge in [-0.05, 0) is 61.3 Å². The fourth-order valence-electron chi connectivity index (χ4n) is 5.12. The monoisotopic (exact) mass is 525 g/mol. The van der Waals surface area contributed by atoms with Gasteiger partial charge in [0.05, 0.1) is 17.1 Å². The lowest BCUT2D eigenvalue weighted by atomic mass is 9.66. The molecule has 4 aliphatic rings. The van der Waals surface area contributed by atoms with E-state index in [-0.39, 0.29) is 42.9 Å². The highest BCUT2D eigenvalue weighted by Crippen LogP contribution is 2.52. The van der Waals surface area contributed by atoms with Crippen molar-refractivity contribution in [2.24, 2.45) is 0 Å². The molecule has 6 rings (SSSR count). The molecule has 2 heterocycles. The molecule has 31 heavy (non-hydrogen) atoms. The summed E-state index contributed by atoms with van der Waals surface area (Å²) in [5.41, 5.74) is 3.95. The molecule has 0 atom stereocenters. The van der Waals surface area contributed by atoms with Gasteiger partial charge < -0.3 is 10.2 Å². The minimum atomic E-state index is -3.03. The summed E-state index contributed by atoms with van der Waals surface area (Å²) in [5.74, 6) is 1.65. The second-order valence-corrected chi connectivity index (χ2v) is 11.7. The number of amides is 1. The Morgan fingerprint density at radius 2 is 1.71 bits per heavy atom. The number of sulfone groups is 1. The number of hydrogen-bond donors (Lipinski definition) is 1. The van der Waals surface area contributed by atoms with Crippen molar-refractivity contribution in [3.05, 3.63) is 51.6 Å². The molecule has 2 fully saturated rings. The Bertz CT molecular complexity index is 1100. The highest BCUT2D eigenvalue weighted by molar-refractivity contribution is 9.10. The molecule has 9 heteroatoms. The van der Waals surface area contributed by atoms with Crippen LogP contribution < -0.4 is 5.32 Å². The first-order valence-corrected chi connectivity index (χ1v) is 13.1. The molecule has 6 nitrogen and oxygen atoms in total. The van der Waals surface area contributed by atoms with Crippen molar-refractivity contribution < 1.29 is 13.2 Å². The number of pyridine rings is 1. The zero-order chi connectivity index (χ0) is 20.9. The van der Waals surface area contributed by atoms with Gasteiger partial charge in [0.15, 0.2) is 9.84 Å². The number of benzene rings is 1. The lowest BCUT2D eigenvalue weighted by Crippen LogP contribution is -2.44. The maximum absolute atomic E-state index is 13.3. The van der Waals surface area contributed by atoms with Crippen LogP contribution in [0.5, 0.6) is 0 Å². The molecule has 1 N–H and O–H groups in total. The minimum absolute atomic E-state index is 0. The number of fused-ring (bicyclic) bond motifs is 2. The Kier molecular flexibility index (Phi) is 6.34. The van der Waals surface area contributed by atoms with Crippen molar-refractivity contribution in [3.8, 4) is 0 Å². The van der Waals surface area contributed by atoms with Crippen molar-refractivity contribution in [2.45, 2.75) is 37.5 Å². The highest BCUT2D eigenvalue weighted by atomic mass is 79.9. The van der Waals surface area contributed by atoms with E-state index >= 15 is 0 Å². The molecule has 0 unspecified atom stereocenters. The molecular formula is C22H25BrClN3O3S. The molecule has 1 amide bonds. The molecule has 166 valence electrons. The van der Waals surface area contributed by atoms with Crippen molar-refractivity contribution >= 4 is 55.6 Å². The molecule has 1 aliphatic heterocycles. The normalized spacial score (nSPS) is 23.6. The fourth-order valence-corrected chi connectivity index (χ4v) is 6.72. The van der Waals surface area contributed by atoms with E-state index in [0.29, 0.717) is 17.4 Å². The van der Waals surface area contributed by atoms with E-state index in [2.05, 4.69) is 26.2 Å². The summed E-state index contributed by atoms with van der Waals surface area (Å²) in [7, 11) is -3.03. The van der Waals surface area contributed by atoms with Crippen LogP contribution in [0.4, 0.5) is 11.5 Å². The predicted molar refractivity (Wildman–Crippen MR) is 127 cm³/mol. The average molecular weight is 527 g/mol. The molecule has 1 saturated heterocycles. The zero-order valence-corrected chi connectivity index (χ0v) is 20.2. The number of aromatic nitrogens is 1. The standard InChI is InChI=1S/C22H24BrN3O3S.ClH/c23-16-2-1-3-17(12-16)25-21-20-15-6-4-14(5-7-15)19(20)18(13-24-21)22(27)26-8-10-30(28,29)11-9-26;/h1-3,12-15H,4-11H2,(H,24,25);1H. The number of hydrogen-bond acceptors (Lipinski definition) is 5. The van der Waals surface area contributed by atoms with Crippen LogP contribution in [-0.4, -0.2) is 48.8 Å². The van der Waals surface area contributed by atoms with E-state index in [9.17, 15) is 13.2 Å². The topological polar surface area (TPSA) is 79.4 Å². The van der Waals surface area contributed by atoms with Crippen LogP contribution in [-0.2, 0) is 9.84 Å². The van der Waals surface area contributed by atoms with E-state index in [4.69, 9.17) is 0 Å². The van der Waals surface area contributed by atoms with Crippen molar-refractivity contribution in [3.63, 3.8) is 0 Å². The first-order valence-electron chi connectivity index (χ1n) is 10.5. The SMILES string of the molecule is Cl.O=C(c1cnc(Nc2cccc(Br)c2)c2c1C1CCC2CC1)N1CCS(=O)(=O)CC1. The summed E-state index contributed by atoms with van der Waals surface area (Å²) in [6, 6.07) is 7.99. The van der Waals surface area contributed by atoms with Crippen molar-refractivity contribution in [2.75, 3.05) is 29.9 Å². The van der Waals surface area contributed by atoms with Gasteiger partial charge in [-0.1, -0.05) is 22.0 Å². The number of carbonyl (C=O) groups is 1. The summed E-state index contributed by atoms with van der Waals surface area (Å²) in [6.07, 6.45) is 6.17. The number of carbonyl (C=O) groups excluding carboxylic acids is 1. The summed E-state index contributed by atoms with van der Waals surface area (Å²) >= 11 is 3.51. The summed E-state index contributed by atoms with van der Waals surface area (Å²) < 4.78 is 24.5. The Hall–Kier alpha value is -1.64. The second kappa shape index (κ2) is 8.71. The molecule has 1 aromatic carbocycles. The molecule has 2 bridgehead atoms. The van der Waals surface area contributed by atoms with Gasteiger partial charge in [0.25, 0.3) is 5.91 Å². The quantitative estimate of drug-likeness (QED) is 0.631. The summed E-state index contributed by atoms with van der Waals surface area (Å²) in [6.45, 7) is 0.532. The summed E-state index contributed by atoms with van der Waals surface area (Å²) in [5, 5.41) is 3.47. The van der Waals surface area contributed by atoms with Crippen LogP contribution in [0.2, 0.25) is 0 Å². The maximum Gasteiger partial charge on any atom is 0.255 e. The predicted octanol–water partition coefficient (Wildman–Crippen LogP) is 4.63. The van der Waals surface area contributed by atoms with Gasteiger partial charge in [-0.3, -0.25) is 4.79 Å². The van der Waals surface area contributed by atoms with Crippen LogP contribution in [0.3, 0.4) is 0 Å². The molecule has 2 aromatic rings. The Balaban J connectivity index is 0.00000231. The van der Waals surface area contributed by atoms with Crippen LogP contribution >= 0.6 is 28.3 Å². The Morgan fingerprint density at radius 1 is 1.06 bits per heavy atom. The molecule has 1 saturated carbocycles. The van der Waals surface area contributed by atoms with Crippen LogP contribution in [0.25, 0.3) is 0 Å². The van der Waals surface area contributed by atoms with Gasteiger partial charge in [0.1, 0.15) is 5.82 Å². The van der Waals surface area contributed by atoms with Gasteiger partial charge in [0, 0.05) is 35.0 Å². The van der Waals surface area contributed by atoms with Gasteiger partial charge in [-0.2, -0.15) is 0 Å². The molecule has 1 aromatic heterocycles. The number of rotatable bonds is 3. The number of nitrogens with one attached hydrogen (secondary N) is 1. The van der Waals surface area contributed by atoms with Crippen LogP contribution in [0.15, 0.2) is 34.9 Å². The van der Waals surface area contributed by atoms with Gasteiger partial charge in [-0.25, -0.2) is 13.4 Å². The number of halogens is 2.